The Labute approximate surface area is 125 Å². The summed E-state index contributed by atoms with van der Waals surface area (Å²) in [4.78, 5) is 23.5. The minimum absolute atomic E-state index is 0.172. The summed E-state index contributed by atoms with van der Waals surface area (Å²) in [5.41, 5.74) is 0.755. The zero-order chi connectivity index (χ0) is 14.5. The monoisotopic (exact) mass is 309 g/mol. The van der Waals surface area contributed by atoms with E-state index in [-0.39, 0.29) is 12.3 Å². The van der Waals surface area contributed by atoms with Gasteiger partial charge in [0.15, 0.2) is 0 Å². The van der Waals surface area contributed by atoms with Crippen molar-refractivity contribution in [3.8, 4) is 0 Å². The van der Waals surface area contributed by atoms with Crippen molar-refractivity contribution >= 4 is 34.8 Å². The zero-order valence-electron chi connectivity index (χ0n) is 10.4. The van der Waals surface area contributed by atoms with Crippen molar-refractivity contribution in [1.29, 1.82) is 0 Å². The van der Waals surface area contributed by atoms with Crippen LogP contribution >= 0.6 is 22.9 Å². The van der Waals surface area contributed by atoms with Crippen LogP contribution in [0.2, 0.25) is 4.34 Å². The average molecular weight is 310 g/mol. The molecule has 1 aromatic heterocycles. The van der Waals surface area contributed by atoms with Crippen LogP contribution in [0, 0.1) is 0 Å². The maximum atomic E-state index is 12.1. The number of carboxylic acid groups (broad SMARTS) is 1. The predicted octanol–water partition coefficient (Wildman–Crippen LogP) is 3.35. The molecule has 0 aliphatic heterocycles. The normalized spacial score (nSPS) is 11.8. The molecule has 0 spiro atoms. The number of aliphatic carboxylic acids is 1. The summed E-state index contributed by atoms with van der Waals surface area (Å²) in [6.45, 7) is 0. The molecule has 2 rings (SSSR count). The lowest BCUT2D eigenvalue weighted by Crippen LogP contribution is -2.29. The second-order valence-corrected chi connectivity index (χ2v) is 5.85. The number of benzene rings is 1. The van der Waals surface area contributed by atoms with Gasteiger partial charge in [-0.1, -0.05) is 41.9 Å². The molecule has 0 fully saturated rings. The lowest BCUT2D eigenvalue weighted by atomic mass is 10.0. The molecule has 0 aliphatic carbocycles. The third kappa shape index (κ3) is 3.82. The zero-order valence-corrected chi connectivity index (χ0v) is 11.9. The quantitative estimate of drug-likeness (QED) is 0.890. The Morgan fingerprint density at radius 2 is 1.90 bits per heavy atom. The standard InChI is InChI=1S/C14H12ClNO3S/c15-12-7-6-11(20-12)14(19)16-10(8-13(17)18)9-4-2-1-3-5-9/h1-7,10H,8H2,(H,16,19)(H,17,18). The molecular formula is C14H12ClNO3S. The molecule has 1 unspecified atom stereocenters. The van der Waals surface area contributed by atoms with Crippen molar-refractivity contribution in [1.82, 2.24) is 5.32 Å². The van der Waals surface area contributed by atoms with Crippen molar-refractivity contribution in [2.75, 3.05) is 0 Å². The van der Waals surface area contributed by atoms with Gasteiger partial charge in [-0.15, -0.1) is 11.3 Å². The molecule has 0 aliphatic rings. The van der Waals surface area contributed by atoms with E-state index in [0.29, 0.717) is 9.21 Å². The topological polar surface area (TPSA) is 66.4 Å². The highest BCUT2D eigenvalue weighted by Gasteiger charge is 2.19. The Morgan fingerprint density at radius 3 is 2.45 bits per heavy atom. The second kappa shape index (κ2) is 6.54. The van der Waals surface area contributed by atoms with Crippen LogP contribution in [0.25, 0.3) is 0 Å². The van der Waals surface area contributed by atoms with Gasteiger partial charge >= 0.3 is 5.97 Å². The third-order valence-corrected chi connectivity index (χ3v) is 3.91. The van der Waals surface area contributed by atoms with E-state index in [2.05, 4.69) is 5.32 Å². The van der Waals surface area contributed by atoms with Gasteiger partial charge in [0.2, 0.25) is 0 Å². The number of rotatable bonds is 5. The molecule has 1 atom stereocenters. The summed E-state index contributed by atoms with van der Waals surface area (Å²) in [5, 5.41) is 11.7. The van der Waals surface area contributed by atoms with Gasteiger partial charge in [0.05, 0.1) is 21.7 Å². The number of carboxylic acids is 1. The number of carbonyl (C=O) groups excluding carboxylic acids is 1. The number of amides is 1. The average Bonchev–Trinajstić information content (AvgIpc) is 2.85. The molecule has 0 saturated carbocycles. The number of hydrogen-bond acceptors (Lipinski definition) is 3. The SMILES string of the molecule is O=C(O)CC(NC(=O)c1ccc(Cl)s1)c1ccccc1. The van der Waals surface area contributed by atoms with Crippen molar-refractivity contribution in [2.24, 2.45) is 0 Å². The fraction of sp³-hybridized carbons (Fsp3) is 0.143. The summed E-state index contributed by atoms with van der Waals surface area (Å²) in [5.74, 6) is -1.29. The molecule has 1 aromatic carbocycles. The molecule has 4 nitrogen and oxygen atoms in total. The first-order chi connectivity index (χ1) is 9.56. The predicted molar refractivity (Wildman–Crippen MR) is 78.2 cm³/mol. The molecule has 1 heterocycles. The van der Waals surface area contributed by atoms with Gasteiger partial charge in [0, 0.05) is 0 Å². The van der Waals surface area contributed by atoms with Crippen molar-refractivity contribution < 1.29 is 14.7 Å². The summed E-state index contributed by atoms with van der Waals surface area (Å²) in [7, 11) is 0. The Hall–Kier alpha value is -1.85. The maximum Gasteiger partial charge on any atom is 0.305 e. The Balaban J connectivity index is 2.16. The molecule has 0 saturated heterocycles. The lowest BCUT2D eigenvalue weighted by Gasteiger charge is -2.16. The minimum atomic E-state index is -0.969. The Bertz CT molecular complexity index is 612. The van der Waals surface area contributed by atoms with Gasteiger partial charge in [-0.25, -0.2) is 0 Å². The van der Waals surface area contributed by atoms with Crippen LogP contribution in [-0.2, 0) is 4.79 Å². The van der Waals surface area contributed by atoms with Crippen LogP contribution in [-0.4, -0.2) is 17.0 Å². The fourth-order valence-corrected chi connectivity index (χ4v) is 2.72. The van der Waals surface area contributed by atoms with E-state index in [1.807, 2.05) is 6.07 Å². The van der Waals surface area contributed by atoms with E-state index >= 15 is 0 Å². The Morgan fingerprint density at radius 1 is 1.20 bits per heavy atom. The third-order valence-electron chi connectivity index (χ3n) is 2.68. The molecule has 0 radical (unpaired) electrons. The first-order valence-corrected chi connectivity index (χ1v) is 7.08. The minimum Gasteiger partial charge on any atom is -0.481 e. The fourth-order valence-electron chi connectivity index (χ4n) is 1.78. The summed E-state index contributed by atoms with van der Waals surface area (Å²) in [6.07, 6.45) is -0.172. The lowest BCUT2D eigenvalue weighted by molar-refractivity contribution is -0.137. The molecule has 2 aromatic rings. The van der Waals surface area contributed by atoms with Crippen LogP contribution < -0.4 is 5.32 Å². The van der Waals surface area contributed by atoms with Crippen molar-refractivity contribution in [3.63, 3.8) is 0 Å². The Kier molecular flexibility index (Phi) is 4.76. The van der Waals surface area contributed by atoms with E-state index in [1.165, 1.54) is 0 Å². The molecule has 20 heavy (non-hydrogen) atoms. The van der Waals surface area contributed by atoms with Gasteiger partial charge < -0.3 is 10.4 Å². The van der Waals surface area contributed by atoms with Crippen molar-refractivity contribution in [2.45, 2.75) is 12.5 Å². The number of thiophene rings is 1. The summed E-state index contributed by atoms with van der Waals surface area (Å²) < 4.78 is 0.518. The van der Waals surface area contributed by atoms with Gasteiger partial charge in [-0.2, -0.15) is 0 Å². The number of halogens is 1. The van der Waals surface area contributed by atoms with Crippen LogP contribution in [0.3, 0.4) is 0 Å². The summed E-state index contributed by atoms with van der Waals surface area (Å²) >= 11 is 6.94. The molecular weight excluding hydrogens is 298 g/mol. The van der Waals surface area contributed by atoms with Gasteiger partial charge in [-0.3, -0.25) is 9.59 Å². The molecule has 0 bridgehead atoms. The summed E-state index contributed by atoms with van der Waals surface area (Å²) in [6, 6.07) is 11.7. The molecule has 1 amide bonds. The molecule has 2 N–H and O–H groups in total. The second-order valence-electron chi connectivity index (χ2n) is 4.14. The smallest absolute Gasteiger partial charge is 0.305 e. The van der Waals surface area contributed by atoms with Crippen LogP contribution in [0.4, 0.5) is 0 Å². The van der Waals surface area contributed by atoms with Gasteiger partial charge in [-0.05, 0) is 17.7 Å². The highest BCUT2D eigenvalue weighted by atomic mass is 35.5. The van der Waals surface area contributed by atoms with Gasteiger partial charge in [0.1, 0.15) is 0 Å². The largest absolute Gasteiger partial charge is 0.481 e. The first-order valence-electron chi connectivity index (χ1n) is 5.89. The van der Waals surface area contributed by atoms with Crippen LogP contribution in [0.15, 0.2) is 42.5 Å². The van der Waals surface area contributed by atoms with Crippen molar-refractivity contribution in [3.05, 3.63) is 57.2 Å². The van der Waals surface area contributed by atoms with Crippen LogP contribution in [0.1, 0.15) is 27.7 Å². The van der Waals surface area contributed by atoms with Gasteiger partial charge in [0.25, 0.3) is 5.91 Å². The van der Waals surface area contributed by atoms with E-state index in [9.17, 15) is 9.59 Å². The molecule has 104 valence electrons. The number of hydrogen-bond donors (Lipinski definition) is 2. The maximum absolute atomic E-state index is 12.1. The van der Waals surface area contributed by atoms with E-state index in [0.717, 1.165) is 16.9 Å². The number of carbonyl (C=O) groups is 2. The van der Waals surface area contributed by atoms with E-state index in [1.54, 1.807) is 36.4 Å². The van der Waals surface area contributed by atoms with Crippen LogP contribution in [0.5, 0.6) is 0 Å². The number of nitrogens with one attached hydrogen (secondary N) is 1. The highest BCUT2D eigenvalue weighted by Crippen LogP contribution is 2.23. The van der Waals surface area contributed by atoms with E-state index in [4.69, 9.17) is 16.7 Å². The molecule has 6 heteroatoms. The first kappa shape index (κ1) is 14.6. The highest BCUT2D eigenvalue weighted by molar-refractivity contribution is 7.17. The van der Waals surface area contributed by atoms with E-state index < -0.39 is 12.0 Å².